The Morgan fingerprint density at radius 3 is 2.62 bits per heavy atom. The first-order chi connectivity index (χ1) is 7.61. The second kappa shape index (κ2) is 5.94. The molecule has 0 saturated carbocycles. The van der Waals surface area contributed by atoms with Crippen LogP contribution >= 0.6 is 0 Å². The van der Waals surface area contributed by atoms with E-state index in [2.05, 4.69) is 48.5 Å². The monoisotopic (exact) mass is 225 g/mol. The Balaban J connectivity index is 2.69. The molecule has 1 N–H and O–H groups in total. The van der Waals surface area contributed by atoms with Crippen LogP contribution in [0.5, 0.6) is 0 Å². The molecule has 0 aliphatic heterocycles. The molecule has 0 aliphatic rings. The molecule has 16 heavy (non-hydrogen) atoms. The van der Waals surface area contributed by atoms with Crippen molar-refractivity contribution in [2.75, 3.05) is 6.54 Å². The van der Waals surface area contributed by atoms with Gasteiger partial charge in [-0.2, -0.15) is 0 Å². The van der Waals surface area contributed by atoms with Crippen molar-refractivity contribution in [1.82, 2.24) is 25.5 Å². The molecular weight excluding hydrogens is 202 g/mol. The topological polar surface area (TPSA) is 55.6 Å². The highest BCUT2D eigenvalue weighted by atomic mass is 15.6. The maximum Gasteiger partial charge on any atom is 0.165 e. The third-order valence-corrected chi connectivity index (χ3v) is 2.68. The van der Waals surface area contributed by atoms with Crippen LogP contribution in [0.15, 0.2) is 0 Å². The molecule has 0 spiro atoms. The first-order valence-electron chi connectivity index (χ1n) is 6.10. The average molecular weight is 225 g/mol. The Bertz CT molecular complexity index is 305. The predicted molar refractivity (Wildman–Crippen MR) is 64.0 cm³/mol. The summed E-state index contributed by atoms with van der Waals surface area (Å²) in [4.78, 5) is 0. The van der Waals surface area contributed by atoms with Crippen LogP contribution in [-0.4, -0.2) is 26.8 Å². The van der Waals surface area contributed by atoms with Crippen molar-refractivity contribution in [1.29, 1.82) is 0 Å². The summed E-state index contributed by atoms with van der Waals surface area (Å²) in [5, 5.41) is 15.3. The minimum atomic E-state index is 0.00147. The fourth-order valence-electron chi connectivity index (χ4n) is 1.88. The van der Waals surface area contributed by atoms with Gasteiger partial charge >= 0.3 is 0 Å². The zero-order valence-electron chi connectivity index (χ0n) is 10.8. The third-order valence-electron chi connectivity index (χ3n) is 2.68. The van der Waals surface area contributed by atoms with Crippen molar-refractivity contribution >= 4 is 0 Å². The number of aromatic nitrogens is 4. The van der Waals surface area contributed by atoms with Crippen LogP contribution in [0.3, 0.4) is 0 Å². The minimum Gasteiger partial charge on any atom is -0.310 e. The molecule has 0 aliphatic carbocycles. The molecule has 1 aromatic heterocycles. The van der Waals surface area contributed by atoms with Gasteiger partial charge in [0.1, 0.15) is 0 Å². The van der Waals surface area contributed by atoms with E-state index in [1.54, 1.807) is 0 Å². The highest BCUT2D eigenvalue weighted by Gasteiger charge is 2.23. The van der Waals surface area contributed by atoms with E-state index in [1.807, 2.05) is 4.68 Å². The summed E-state index contributed by atoms with van der Waals surface area (Å²) in [6, 6.07) is 0. The molecule has 5 heteroatoms. The zero-order chi connectivity index (χ0) is 12.0. The summed E-state index contributed by atoms with van der Waals surface area (Å²) in [6.45, 7) is 10.4. The molecule has 1 rings (SSSR count). The summed E-state index contributed by atoms with van der Waals surface area (Å²) in [6.07, 6.45) is 3.34. The van der Waals surface area contributed by atoms with E-state index in [9.17, 15) is 0 Å². The molecule has 0 aromatic carbocycles. The van der Waals surface area contributed by atoms with E-state index in [0.717, 1.165) is 38.2 Å². The first kappa shape index (κ1) is 13.1. The fourth-order valence-corrected chi connectivity index (χ4v) is 1.88. The van der Waals surface area contributed by atoms with Gasteiger partial charge in [-0.15, -0.1) is 5.10 Å². The maximum atomic E-state index is 4.10. The summed E-state index contributed by atoms with van der Waals surface area (Å²) >= 11 is 0. The fraction of sp³-hybridized carbons (Fsp3) is 0.909. The number of nitrogens with one attached hydrogen (secondary N) is 1. The smallest absolute Gasteiger partial charge is 0.165 e. The number of nitrogens with zero attached hydrogens (tertiary/aromatic N) is 4. The SMILES string of the molecule is CCCNCc1nnnn1C(C)(C)CCC. The van der Waals surface area contributed by atoms with Gasteiger partial charge in [-0.3, -0.25) is 0 Å². The second-order valence-electron chi connectivity index (χ2n) is 4.75. The van der Waals surface area contributed by atoms with Crippen molar-refractivity contribution < 1.29 is 0 Å². The van der Waals surface area contributed by atoms with Crippen LogP contribution in [0.2, 0.25) is 0 Å². The van der Waals surface area contributed by atoms with E-state index in [-0.39, 0.29) is 5.54 Å². The highest BCUT2D eigenvalue weighted by Crippen LogP contribution is 2.20. The van der Waals surface area contributed by atoms with E-state index >= 15 is 0 Å². The van der Waals surface area contributed by atoms with Gasteiger partial charge in [0.25, 0.3) is 0 Å². The Hall–Kier alpha value is -0.970. The van der Waals surface area contributed by atoms with Crippen molar-refractivity contribution in [3.63, 3.8) is 0 Å². The molecule has 0 atom stereocenters. The van der Waals surface area contributed by atoms with Gasteiger partial charge in [-0.05, 0) is 43.7 Å². The zero-order valence-corrected chi connectivity index (χ0v) is 10.8. The van der Waals surface area contributed by atoms with Crippen LogP contribution < -0.4 is 5.32 Å². The molecule has 0 unspecified atom stereocenters. The standard InChI is InChI=1S/C11H23N5/c1-5-7-11(3,4)16-10(13-14-15-16)9-12-8-6-2/h12H,5-9H2,1-4H3. The van der Waals surface area contributed by atoms with Crippen LogP contribution in [0.1, 0.15) is 52.8 Å². The molecule has 5 nitrogen and oxygen atoms in total. The van der Waals surface area contributed by atoms with E-state index in [1.165, 1.54) is 0 Å². The number of hydrogen-bond acceptors (Lipinski definition) is 4. The van der Waals surface area contributed by atoms with Crippen LogP contribution in [-0.2, 0) is 12.1 Å². The molecular formula is C11H23N5. The summed E-state index contributed by atoms with van der Waals surface area (Å²) in [7, 11) is 0. The molecule has 0 bridgehead atoms. The lowest BCUT2D eigenvalue weighted by Crippen LogP contribution is -2.31. The van der Waals surface area contributed by atoms with Gasteiger partial charge < -0.3 is 5.32 Å². The van der Waals surface area contributed by atoms with Gasteiger partial charge in [0.15, 0.2) is 5.82 Å². The average Bonchev–Trinajstić information content (AvgIpc) is 2.67. The Kier molecular flexibility index (Phi) is 4.86. The molecule has 0 radical (unpaired) electrons. The van der Waals surface area contributed by atoms with Crippen LogP contribution in [0.4, 0.5) is 0 Å². The maximum absolute atomic E-state index is 4.10. The minimum absolute atomic E-state index is 0.00147. The summed E-state index contributed by atoms with van der Waals surface area (Å²) in [5.41, 5.74) is 0.00147. The molecule has 0 amide bonds. The number of rotatable bonds is 7. The summed E-state index contributed by atoms with van der Waals surface area (Å²) in [5.74, 6) is 0.923. The Morgan fingerprint density at radius 2 is 2.00 bits per heavy atom. The van der Waals surface area contributed by atoms with E-state index in [4.69, 9.17) is 0 Å². The van der Waals surface area contributed by atoms with E-state index in [0.29, 0.717) is 0 Å². The van der Waals surface area contributed by atoms with Crippen LogP contribution in [0.25, 0.3) is 0 Å². The van der Waals surface area contributed by atoms with Crippen LogP contribution in [0, 0.1) is 0 Å². The quantitative estimate of drug-likeness (QED) is 0.718. The van der Waals surface area contributed by atoms with Crippen molar-refractivity contribution in [3.8, 4) is 0 Å². The lowest BCUT2D eigenvalue weighted by atomic mass is 9.99. The van der Waals surface area contributed by atoms with Gasteiger partial charge in [-0.25, -0.2) is 4.68 Å². The van der Waals surface area contributed by atoms with E-state index < -0.39 is 0 Å². The van der Waals surface area contributed by atoms with Crippen molar-refractivity contribution in [2.45, 2.75) is 59.0 Å². The molecule has 0 fully saturated rings. The number of tetrazole rings is 1. The first-order valence-corrected chi connectivity index (χ1v) is 6.10. The second-order valence-corrected chi connectivity index (χ2v) is 4.75. The van der Waals surface area contributed by atoms with Gasteiger partial charge in [0.05, 0.1) is 12.1 Å². The molecule has 1 aromatic rings. The van der Waals surface area contributed by atoms with Gasteiger partial charge in [0.2, 0.25) is 0 Å². The number of hydrogen-bond donors (Lipinski definition) is 1. The largest absolute Gasteiger partial charge is 0.310 e. The molecule has 1 heterocycles. The lowest BCUT2D eigenvalue weighted by molar-refractivity contribution is 0.275. The lowest BCUT2D eigenvalue weighted by Gasteiger charge is -2.25. The van der Waals surface area contributed by atoms with Gasteiger partial charge in [0, 0.05) is 0 Å². The summed E-state index contributed by atoms with van der Waals surface area (Å²) < 4.78 is 1.94. The Morgan fingerprint density at radius 1 is 1.25 bits per heavy atom. The molecule has 0 saturated heterocycles. The predicted octanol–water partition coefficient (Wildman–Crippen LogP) is 1.71. The Labute approximate surface area is 97.6 Å². The van der Waals surface area contributed by atoms with Crippen molar-refractivity contribution in [3.05, 3.63) is 5.82 Å². The normalized spacial score (nSPS) is 12.0. The van der Waals surface area contributed by atoms with Crippen molar-refractivity contribution in [2.24, 2.45) is 0 Å². The molecule has 92 valence electrons. The van der Waals surface area contributed by atoms with Gasteiger partial charge in [-0.1, -0.05) is 20.3 Å². The highest BCUT2D eigenvalue weighted by molar-refractivity contribution is 4.88. The third kappa shape index (κ3) is 3.27.